The van der Waals surface area contributed by atoms with Crippen LogP contribution in [0, 0.1) is 6.92 Å². The minimum Gasteiger partial charge on any atom is -0.446 e. The van der Waals surface area contributed by atoms with Crippen molar-refractivity contribution in [2.75, 3.05) is 18.5 Å². The number of carbonyl (C=O) groups is 2. The Bertz CT molecular complexity index is 876. The lowest BCUT2D eigenvalue weighted by atomic mass is 10.0. The number of aromatic amines is 1. The summed E-state index contributed by atoms with van der Waals surface area (Å²) in [7, 11) is 0. The second kappa shape index (κ2) is 9.57. The first-order valence-electron chi connectivity index (χ1n) is 10.4. The summed E-state index contributed by atoms with van der Waals surface area (Å²) in [5.74, 6) is 0.625. The minimum absolute atomic E-state index is 0.106. The minimum atomic E-state index is -0.344. The first-order chi connectivity index (χ1) is 14.5. The molecule has 3 N–H and O–H groups in total. The normalized spacial score (nSPS) is 22.0. The Morgan fingerprint density at radius 3 is 2.90 bits per heavy atom. The van der Waals surface area contributed by atoms with Gasteiger partial charge in [-0.05, 0) is 39.0 Å². The van der Waals surface area contributed by atoms with Crippen LogP contribution < -0.4 is 10.6 Å². The molecule has 30 heavy (non-hydrogen) atoms. The van der Waals surface area contributed by atoms with Gasteiger partial charge >= 0.3 is 6.09 Å². The Kier molecular flexibility index (Phi) is 6.63. The molecule has 0 aromatic carbocycles. The Balaban J connectivity index is 1.23. The van der Waals surface area contributed by atoms with Crippen molar-refractivity contribution < 1.29 is 19.1 Å². The molecule has 3 heterocycles. The van der Waals surface area contributed by atoms with Crippen LogP contribution in [-0.2, 0) is 20.7 Å². The van der Waals surface area contributed by atoms with E-state index in [0.717, 1.165) is 47.7 Å². The zero-order valence-corrected chi connectivity index (χ0v) is 17.8. The van der Waals surface area contributed by atoms with Gasteiger partial charge in [0.15, 0.2) is 5.82 Å². The summed E-state index contributed by atoms with van der Waals surface area (Å²) in [6.07, 6.45) is 5.69. The predicted molar refractivity (Wildman–Crippen MR) is 112 cm³/mol. The second-order valence-corrected chi connectivity index (χ2v) is 9.17. The van der Waals surface area contributed by atoms with E-state index >= 15 is 0 Å². The molecule has 2 amide bonds. The first-order valence-corrected chi connectivity index (χ1v) is 11.2. The van der Waals surface area contributed by atoms with Crippen molar-refractivity contribution in [3.63, 3.8) is 0 Å². The SMILES string of the molecule is Cc1ncc(CC(=O)Nc2cc(C3CCC(OC(=O)NC4CCOCC4)C3)[nH]n2)s1. The molecule has 2 aromatic heterocycles. The molecule has 4 rings (SSSR count). The maximum absolute atomic E-state index is 12.2. The molecule has 9 nitrogen and oxygen atoms in total. The van der Waals surface area contributed by atoms with Crippen molar-refractivity contribution in [1.29, 1.82) is 0 Å². The van der Waals surface area contributed by atoms with Gasteiger partial charge in [-0.1, -0.05) is 0 Å². The van der Waals surface area contributed by atoms with E-state index in [9.17, 15) is 9.59 Å². The third-order valence-electron chi connectivity index (χ3n) is 5.51. The number of anilines is 1. The Morgan fingerprint density at radius 2 is 2.13 bits per heavy atom. The zero-order chi connectivity index (χ0) is 20.9. The van der Waals surface area contributed by atoms with E-state index in [-0.39, 0.29) is 36.5 Å². The smallest absolute Gasteiger partial charge is 0.407 e. The quantitative estimate of drug-likeness (QED) is 0.645. The van der Waals surface area contributed by atoms with Gasteiger partial charge in [0, 0.05) is 48.0 Å². The highest BCUT2D eigenvalue weighted by Crippen LogP contribution is 2.35. The fraction of sp³-hybridized carbons (Fsp3) is 0.600. The van der Waals surface area contributed by atoms with Crippen LogP contribution in [0.4, 0.5) is 10.6 Å². The van der Waals surface area contributed by atoms with E-state index in [1.54, 1.807) is 6.20 Å². The number of ether oxygens (including phenoxy) is 2. The van der Waals surface area contributed by atoms with Crippen molar-refractivity contribution in [3.8, 4) is 0 Å². The maximum atomic E-state index is 12.2. The molecule has 1 aliphatic carbocycles. The molecule has 2 unspecified atom stereocenters. The van der Waals surface area contributed by atoms with Crippen LogP contribution in [0.25, 0.3) is 0 Å². The van der Waals surface area contributed by atoms with Crippen LogP contribution >= 0.6 is 11.3 Å². The van der Waals surface area contributed by atoms with Crippen LogP contribution in [0.2, 0.25) is 0 Å². The van der Waals surface area contributed by atoms with Gasteiger partial charge in [-0.25, -0.2) is 9.78 Å². The van der Waals surface area contributed by atoms with Crippen LogP contribution in [0.5, 0.6) is 0 Å². The molecule has 2 atom stereocenters. The summed E-state index contributed by atoms with van der Waals surface area (Å²) in [6.45, 7) is 3.28. The summed E-state index contributed by atoms with van der Waals surface area (Å²) in [5, 5.41) is 13.9. The van der Waals surface area contributed by atoms with Crippen molar-refractivity contribution in [2.24, 2.45) is 0 Å². The molecular formula is C20H27N5O4S. The lowest BCUT2D eigenvalue weighted by Crippen LogP contribution is -2.40. The second-order valence-electron chi connectivity index (χ2n) is 7.85. The van der Waals surface area contributed by atoms with Gasteiger partial charge in [0.1, 0.15) is 6.10 Å². The molecule has 0 bridgehead atoms. The lowest BCUT2D eigenvalue weighted by Gasteiger charge is -2.23. The summed E-state index contributed by atoms with van der Waals surface area (Å²) in [5.41, 5.74) is 0.954. The number of aryl methyl sites for hydroxylation is 1. The molecule has 0 radical (unpaired) electrons. The average molecular weight is 434 g/mol. The molecule has 1 saturated carbocycles. The predicted octanol–water partition coefficient (Wildman–Crippen LogP) is 2.90. The van der Waals surface area contributed by atoms with Gasteiger partial charge < -0.3 is 20.1 Å². The molecule has 1 aliphatic heterocycles. The number of hydrogen-bond acceptors (Lipinski definition) is 7. The third-order valence-corrected chi connectivity index (χ3v) is 6.42. The molecule has 2 aliphatic rings. The molecule has 0 spiro atoms. The number of nitrogens with zero attached hydrogens (tertiary/aromatic N) is 2. The Hall–Kier alpha value is -2.46. The van der Waals surface area contributed by atoms with Crippen molar-refractivity contribution in [1.82, 2.24) is 20.5 Å². The van der Waals surface area contributed by atoms with E-state index in [1.807, 2.05) is 13.0 Å². The zero-order valence-electron chi connectivity index (χ0n) is 17.0. The number of rotatable bonds is 6. The highest BCUT2D eigenvalue weighted by molar-refractivity contribution is 7.11. The Morgan fingerprint density at radius 1 is 1.30 bits per heavy atom. The first kappa shape index (κ1) is 20.8. The number of alkyl carbamates (subject to hydrolysis) is 1. The number of hydrogen-bond donors (Lipinski definition) is 3. The van der Waals surface area contributed by atoms with Crippen LogP contribution in [0.1, 0.15) is 53.6 Å². The van der Waals surface area contributed by atoms with Crippen LogP contribution in [0.3, 0.4) is 0 Å². The topological polar surface area (TPSA) is 118 Å². The molecule has 2 fully saturated rings. The summed E-state index contributed by atoms with van der Waals surface area (Å²) in [6, 6.07) is 2.00. The van der Waals surface area contributed by atoms with Gasteiger partial charge in [-0.3, -0.25) is 9.89 Å². The van der Waals surface area contributed by atoms with Gasteiger partial charge in [-0.2, -0.15) is 5.10 Å². The standard InChI is InChI=1S/C20H27N5O4S/c1-12-21-11-16(30-12)9-19(26)23-18-10-17(24-25-18)13-2-3-15(8-13)29-20(27)22-14-4-6-28-7-5-14/h10-11,13-15H,2-9H2,1H3,(H,22,27)(H2,23,24,25,26). The van der Waals surface area contributed by atoms with Crippen molar-refractivity contribution in [3.05, 3.63) is 27.8 Å². The Labute approximate surface area is 178 Å². The number of H-pyrrole nitrogens is 1. The fourth-order valence-electron chi connectivity index (χ4n) is 3.97. The van der Waals surface area contributed by atoms with E-state index in [2.05, 4.69) is 25.8 Å². The number of carbonyl (C=O) groups excluding carboxylic acids is 2. The molecule has 162 valence electrons. The van der Waals surface area contributed by atoms with Gasteiger partial charge in [0.25, 0.3) is 0 Å². The number of amides is 2. The van der Waals surface area contributed by atoms with Gasteiger partial charge in [-0.15, -0.1) is 11.3 Å². The summed E-state index contributed by atoms with van der Waals surface area (Å²) >= 11 is 1.52. The van der Waals surface area contributed by atoms with Crippen molar-refractivity contribution >= 4 is 29.2 Å². The lowest BCUT2D eigenvalue weighted by molar-refractivity contribution is -0.115. The molecule has 1 saturated heterocycles. The van der Waals surface area contributed by atoms with E-state index in [4.69, 9.17) is 9.47 Å². The summed E-state index contributed by atoms with van der Waals surface area (Å²) in [4.78, 5) is 29.4. The highest BCUT2D eigenvalue weighted by Gasteiger charge is 2.30. The molecule has 10 heteroatoms. The summed E-state index contributed by atoms with van der Waals surface area (Å²) < 4.78 is 10.9. The van der Waals surface area contributed by atoms with Crippen molar-refractivity contribution in [2.45, 2.75) is 63.5 Å². The molecule has 2 aromatic rings. The van der Waals surface area contributed by atoms with Crippen LogP contribution in [0.15, 0.2) is 12.3 Å². The van der Waals surface area contributed by atoms with Gasteiger partial charge in [0.05, 0.1) is 11.4 Å². The molecular weight excluding hydrogens is 406 g/mol. The van der Waals surface area contributed by atoms with Gasteiger partial charge in [0.2, 0.25) is 5.91 Å². The van der Waals surface area contributed by atoms with E-state index < -0.39 is 0 Å². The highest BCUT2D eigenvalue weighted by atomic mass is 32.1. The van der Waals surface area contributed by atoms with Crippen LogP contribution in [-0.4, -0.2) is 52.5 Å². The fourth-order valence-corrected chi connectivity index (χ4v) is 4.76. The number of nitrogens with one attached hydrogen (secondary N) is 3. The number of thiazole rings is 1. The van der Waals surface area contributed by atoms with E-state index in [0.29, 0.717) is 19.0 Å². The maximum Gasteiger partial charge on any atom is 0.407 e. The number of aromatic nitrogens is 3. The van der Waals surface area contributed by atoms with E-state index in [1.165, 1.54) is 11.3 Å². The largest absolute Gasteiger partial charge is 0.446 e. The monoisotopic (exact) mass is 433 g/mol. The average Bonchev–Trinajstić information content (AvgIpc) is 3.44. The third kappa shape index (κ3) is 5.57.